The Morgan fingerprint density at radius 2 is 2.04 bits per heavy atom. The second-order valence-electron chi connectivity index (χ2n) is 9.13. The summed E-state index contributed by atoms with van der Waals surface area (Å²) in [5.41, 5.74) is 1.25. The van der Waals surface area contributed by atoms with E-state index in [1.54, 1.807) is 11.3 Å². The molecule has 2 saturated carbocycles. The van der Waals surface area contributed by atoms with E-state index in [-0.39, 0.29) is 41.1 Å². The van der Waals surface area contributed by atoms with Crippen molar-refractivity contribution in [1.29, 1.82) is 0 Å². The van der Waals surface area contributed by atoms with Gasteiger partial charge in [-0.25, -0.2) is 4.98 Å². The number of esters is 1. The molecule has 2 heterocycles. The van der Waals surface area contributed by atoms with Crippen LogP contribution in [-0.2, 0) is 20.7 Å². The number of carbonyl (C=O) groups is 2. The van der Waals surface area contributed by atoms with Gasteiger partial charge in [-0.3, -0.25) is 9.59 Å². The summed E-state index contributed by atoms with van der Waals surface area (Å²) in [6, 6.07) is 0. The van der Waals surface area contributed by atoms with Gasteiger partial charge in [0.25, 0.3) is 0 Å². The van der Waals surface area contributed by atoms with Crippen molar-refractivity contribution < 1.29 is 14.3 Å². The zero-order valence-electron chi connectivity index (χ0n) is 15.6. The summed E-state index contributed by atoms with van der Waals surface area (Å²) in [4.78, 5) is 30.4. The number of nitrogens with zero attached hydrogens (tertiary/aromatic N) is 1. The summed E-state index contributed by atoms with van der Waals surface area (Å²) in [5, 5.41) is 3.76. The van der Waals surface area contributed by atoms with Gasteiger partial charge in [-0.15, -0.1) is 11.3 Å². The number of thiazole rings is 1. The highest BCUT2D eigenvalue weighted by atomic mass is 32.1. The van der Waals surface area contributed by atoms with Crippen molar-refractivity contribution in [1.82, 2.24) is 4.98 Å². The zero-order chi connectivity index (χ0) is 18.2. The second kappa shape index (κ2) is 5.54. The van der Waals surface area contributed by atoms with E-state index in [1.807, 2.05) is 6.92 Å². The second-order valence-corrected chi connectivity index (χ2v) is 10.2. The van der Waals surface area contributed by atoms with Crippen LogP contribution in [0.1, 0.15) is 62.9 Å². The van der Waals surface area contributed by atoms with Crippen LogP contribution in [-0.4, -0.2) is 23.0 Å². The third-order valence-electron chi connectivity index (χ3n) is 7.34. The maximum atomic E-state index is 12.2. The Kier molecular flexibility index (Phi) is 3.56. The van der Waals surface area contributed by atoms with Gasteiger partial charge in [0.05, 0.1) is 11.6 Å². The molecule has 26 heavy (non-hydrogen) atoms. The molecule has 6 heteroatoms. The van der Waals surface area contributed by atoms with Gasteiger partial charge in [0.1, 0.15) is 6.10 Å². The van der Waals surface area contributed by atoms with Crippen LogP contribution in [0.25, 0.3) is 0 Å². The number of rotatable bonds is 2. The molecule has 1 N–H and O–H groups in total. The molecule has 6 atom stereocenters. The number of ether oxygens (including phenoxy) is 1. The van der Waals surface area contributed by atoms with Gasteiger partial charge in [0, 0.05) is 28.5 Å². The normalized spacial score (nSPS) is 41.0. The first-order valence-electron chi connectivity index (χ1n) is 9.88. The van der Waals surface area contributed by atoms with E-state index in [9.17, 15) is 9.59 Å². The maximum absolute atomic E-state index is 12.2. The van der Waals surface area contributed by atoms with Crippen LogP contribution in [0.2, 0.25) is 0 Å². The number of amides is 1. The van der Waals surface area contributed by atoms with Crippen molar-refractivity contribution in [2.24, 2.45) is 29.1 Å². The Morgan fingerprint density at radius 3 is 2.77 bits per heavy atom. The van der Waals surface area contributed by atoms with Crippen molar-refractivity contribution in [3.05, 3.63) is 10.6 Å². The molecule has 0 spiro atoms. The Bertz CT molecular complexity index is 786. The van der Waals surface area contributed by atoms with Crippen LogP contribution >= 0.6 is 11.3 Å². The van der Waals surface area contributed by atoms with E-state index >= 15 is 0 Å². The lowest BCUT2D eigenvalue weighted by Crippen LogP contribution is -2.50. The minimum Gasteiger partial charge on any atom is -0.461 e. The molecule has 0 radical (unpaired) electrons. The minimum atomic E-state index is -0.0297. The van der Waals surface area contributed by atoms with Gasteiger partial charge < -0.3 is 10.1 Å². The molecule has 1 amide bonds. The molecule has 0 bridgehead atoms. The number of fused-ring (bicyclic) bond motifs is 4. The Morgan fingerprint density at radius 1 is 1.27 bits per heavy atom. The highest BCUT2D eigenvalue weighted by molar-refractivity contribution is 7.15. The van der Waals surface area contributed by atoms with Gasteiger partial charge in [0.15, 0.2) is 5.13 Å². The lowest BCUT2D eigenvalue weighted by atomic mass is 9.54. The highest BCUT2D eigenvalue weighted by Gasteiger charge is 2.58. The number of hydrogen-bond acceptors (Lipinski definition) is 5. The summed E-state index contributed by atoms with van der Waals surface area (Å²) in [6.07, 6.45) is 5.19. The Hall–Kier alpha value is -1.43. The fourth-order valence-electron chi connectivity index (χ4n) is 5.69. The summed E-state index contributed by atoms with van der Waals surface area (Å²) in [7, 11) is 0. The molecule has 0 unspecified atom stereocenters. The molecule has 1 aliphatic heterocycles. The summed E-state index contributed by atoms with van der Waals surface area (Å²) in [5.74, 6) is 1.20. The van der Waals surface area contributed by atoms with Crippen LogP contribution in [0.3, 0.4) is 0 Å². The molecule has 1 aromatic heterocycles. The Labute approximate surface area is 157 Å². The molecule has 5 rings (SSSR count). The SMILES string of the molecule is C[C@@H]1C(=O)O[C@H]2[C@H]1CC[C@]1(C)Cc3sc(NC(=O)C4CC4)nc3[C@@H](C)[C@H]21. The Balaban J connectivity index is 1.46. The largest absolute Gasteiger partial charge is 0.461 e. The van der Waals surface area contributed by atoms with Crippen molar-refractivity contribution in [2.75, 3.05) is 5.32 Å². The summed E-state index contributed by atoms with van der Waals surface area (Å²) in [6.45, 7) is 6.60. The van der Waals surface area contributed by atoms with E-state index in [0.29, 0.717) is 11.8 Å². The lowest BCUT2D eigenvalue weighted by molar-refractivity contribution is -0.149. The van der Waals surface area contributed by atoms with Gasteiger partial charge >= 0.3 is 5.97 Å². The molecule has 1 aromatic rings. The van der Waals surface area contributed by atoms with E-state index in [0.717, 1.165) is 42.9 Å². The predicted molar refractivity (Wildman–Crippen MR) is 99.0 cm³/mol. The molecule has 5 nitrogen and oxygen atoms in total. The first-order valence-corrected chi connectivity index (χ1v) is 10.7. The average Bonchev–Trinajstić information content (AvgIpc) is 3.30. The molecule has 1 saturated heterocycles. The lowest BCUT2D eigenvalue weighted by Gasteiger charge is -2.51. The van der Waals surface area contributed by atoms with Crippen molar-refractivity contribution in [3.63, 3.8) is 0 Å². The molecule has 3 aliphatic carbocycles. The summed E-state index contributed by atoms with van der Waals surface area (Å²) >= 11 is 1.64. The van der Waals surface area contributed by atoms with Crippen LogP contribution in [0.15, 0.2) is 0 Å². The van der Waals surface area contributed by atoms with Crippen LogP contribution in [0.5, 0.6) is 0 Å². The van der Waals surface area contributed by atoms with Crippen LogP contribution in [0.4, 0.5) is 5.13 Å². The van der Waals surface area contributed by atoms with Gasteiger partial charge in [-0.2, -0.15) is 0 Å². The monoisotopic (exact) mass is 374 g/mol. The molecular formula is C20H26N2O3S. The zero-order valence-corrected chi connectivity index (χ0v) is 16.4. The first-order chi connectivity index (χ1) is 12.4. The smallest absolute Gasteiger partial charge is 0.309 e. The van der Waals surface area contributed by atoms with E-state index in [1.165, 1.54) is 4.88 Å². The van der Waals surface area contributed by atoms with Crippen molar-refractivity contribution >= 4 is 28.3 Å². The average molecular weight is 375 g/mol. The number of anilines is 1. The first kappa shape index (κ1) is 16.7. The molecular weight excluding hydrogens is 348 g/mol. The fourth-order valence-corrected chi connectivity index (χ4v) is 6.95. The fraction of sp³-hybridized carbons (Fsp3) is 0.750. The molecule has 3 fully saturated rings. The van der Waals surface area contributed by atoms with E-state index in [2.05, 4.69) is 19.2 Å². The molecule has 0 aromatic carbocycles. The molecule has 140 valence electrons. The number of aromatic nitrogens is 1. The van der Waals surface area contributed by atoms with E-state index < -0.39 is 0 Å². The van der Waals surface area contributed by atoms with Crippen molar-refractivity contribution in [2.45, 2.75) is 64.9 Å². The number of hydrogen-bond donors (Lipinski definition) is 1. The quantitative estimate of drug-likeness (QED) is 0.801. The summed E-state index contributed by atoms with van der Waals surface area (Å²) < 4.78 is 5.88. The predicted octanol–water partition coefficient (Wildman–Crippen LogP) is 3.75. The topological polar surface area (TPSA) is 68.3 Å². The standard InChI is InChI=1S/C20H26N2O3S/c1-9-12-6-7-20(3)8-13-15(10(2)14(20)16(12)25-18(9)24)21-19(26-13)22-17(23)11-4-5-11/h9-12,14,16H,4-8H2,1-3H3,(H,21,22,23)/t9-,10-,12-,14+,16-,20+/m0/s1. The maximum Gasteiger partial charge on any atom is 0.309 e. The number of nitrogens with one attached hydrogen (secondary N) is 1. The third kappa shape index (κ3) is 2.37. The minimum absolute atomic E-state index is 0.0157. The van der Waals surface area contributed by atoms with Crippen LogP contribution < -0.4 is 5.32 Å². The highest BCUT2D eigenvalue weighted by Crippen LogP contribution is 2.59. The number of carbonyl (C=O) groups excluding carboxylic acids is 2. The van der Waals surface area contributed by atoms with Crippen molar-refractivity contribution in [3.8, 4) is 0 Å². The molecule has 4 aliphatic rings. The van der Waals surface area contributed by atoms with Gasteiger partial charge in [-0.05, 0) is 37.5 Å². The van der Waals surface area contributed by atoms with Crippen LogP contribution in [0, 0.1) is 29.1 Å². The third-order valence-corrected chi connectivity index (χ3v) is 8.32. The van der Waals surface area contributed by atoms with E-state index in [4.69, 9.17) is 9.72 Å². The van der Waals surface area contributed by atoms with Gasteiger partial charge in [-0.1, -0.05) is 20.8 Å². The van der Waals surface area contributed by atoms with Gasteiger partial charge in [0.2, 0.25) is 5.91 Å².